The molecule has 1 aliphatic rings. The Morgan fingerprint density at radius 2 is 2.22 bits per heavy atom. The minimum absolute atomic E-state index is 0.0371. The Kier molecular flexibility index (Phi) is 5.10. The number of anilines is 1. The van der Waals surface area contributed by atoms with E-state index in [2.05, 4.69) is 22.4 Å². The van der Waals surface area contributed by atoms with Gasteiger partial charge in [-0.05, 0) is 31.7 Å². The van der Waals surface area contributed by atoms with Gasteiger partial charge in [-0.15, -0.1) is 0 Å². The second-order valence-corrected chi connectivity index (χ2v) is 6.25. The lowest BCUT2D eigenvalue weighted by Crippen LogP contribution is -2.23. The molecule has 1 amide bonds. The fourth-order valence-corrected chi connectivity index (χ4v) is 2.87. The SMILES string of the molecule is CCCCCn1ccc(NC(=O)Cc2ccnn2C2CCC2)n1. The average molecular weight is 315 g/mol. The molecule has 0 bridgehead atoms. The first-order chi connectivity index (χ1) is 11.3. The van der Waals surface area contributed by atoms with E-state index in [9.17, 15) is 4.79 Å². The highest BCUT2D eigenvalue weighted by Gasteiger charge is 2.22. The van der Waals surface area contributed by atoms with Crippen LogP contribution in [0.4, 0.5) is 5.82 Å². The predicted octanol–water partition coefficient (Wildman–Crippen LogP) is 3.18. The molecular weight excluding hydrogens is 290 g/mol. The maximum absolute atomic E-state index is 12.2. The number of hydrogen-bond donors (Lipinski definition) is 1. The fourth-order valence-electron chi connectivity index (χ4n) is 2.87. The molecule has 1 aliphatic carbocycles. The van der Waals surface area contributed by atoms with Crippen LogP contribution in [-0.4, -0.2) is 25.5 Å². The molecule has 23 heavy (non-hydrogen) atoms. The molecule has 6 nitrogen and oxygen atoms in total. The normalized spacial score (nSPS) is 14.7. The van der Waals surface area contributed by atoms with Gasteiger partial charge in [0.2, 0.25) is 5.91 Å². The lowest BCUT2D eigenvalue weighted by atomic mass is 9.93. The summed E-state index contributed by atoms with van der Waals surface area (Å²) in [6.07, 6.45) is 11.1. The highest BCUT2D eigenvalue weighted by molar-refractivity contribution is 5.91. The first-order valence-electron chi connectivity index (χ1n) is 8.62. The molecular formula is C17H25N5O. The van der Waals surface area contributed by atoms with Crippen molar-refractivity contribution in [1.29, 1.82) is 0 Å². The van der Waals surface area contributed by atoms with E-state index in [0.717, 1.165) is 18.7 Å². The Labute approximate surface area is 136 Å². The van der Waals surface area contributed by atoms with Crippen molar-refractivity contribution in [1.82, 2.24) is 19.6 Å². The highest BCUT2D eigenvalue weighted by Crippen LogP contribution is 2.31. The zero-order valence-corrected chi connectivity index (χ0v) is 13.7. The first kappa shape index (κ1) is 15.8. The molecule has 0 spiro atoms. The van der Waals surface area contributed by atoms with Crippen molar-refractivity contribution in [3.05, 3.63) is 30.2 Å². The molecule has 0 atom stereocenters. The molecule has 0 aliphatic heterocycles. The molecule has 6 heteroatoms. The van der Waals surface area contributed by atoms with Crippen LogP contribution in [-0.2, 0) is 17.8 Å². The second kappa shape index (κ2) is 7.44. The van der Waals surface area contributed by atoms with Crippen molar-refractivity contribution in [3.63, 3.8) is 0 Å². The van der Waals surface area contributed by atoms with Crippen LogP contribution in [0.5, 0.6) is 0 Å². The molecule has 2 heterocycles. The minimum Gasteiger partial charge on any atom is -0.309 e. The number of aromatic nitrogens is 4. The van der Waals surface area contributed by atoms with Crippen LogP contribution >= 0.6 is 0 Å². The van der Waals surface area contributed by atoms with E-state index in [0.29, 0.717) is 18.3 Å². The molecule has 2 aromatic rings. The summed E-state index contributed by atoms with van der Waals surface area (Å²) in [5, 5.41) is 11.6. The number of carbonyl (C=O) groups is 1. The van der Waals surface area contributed by atoms with Gasteiger partial charge in [0.25, 0.3) is 0 Å². The second-order valence-electron chi connectivity index (χ2n) is 6.25. The average Bonchev–Trinajstić information content (AvgIpc) is 3.08. The van der Waals surface area contributed by atoms with E-state index in [1.807, 2.05) is 27.7 Å². The van der Waals surface area contributed by atoms with E-state index in [4.69, 9.17) is 0 Å². The van der Waals surface area contributed by atoms with Gasteiger partial charge in [0.1, 0.15) is 0 Å². The number of nitrogens with one attached hydrogen (secondary N) is 1. The standard InChI is InChI=1S/C17H25N5O/c1-2-3-4-11-21-12-9-16(20-21)19-17(23)13-15-8-10-18-22(15)14-6-5-7-14/h8-10,12,14H,2-7,11,13H2,1H3,(H,19,20,23). The predicted molar refractivity (Wildman–Crippen MR) is 89.2 cm³/mol. The summed E-state index contributed by atoms with van der Waals surface area (Å²) in [5.74, 6) is 0.589. The van der Waals surface area contributed by atoms with Crippen LogP contribution < -0.4 is 5.32 Å². The number of carbonyl (C=O) groups excluding carboxylic acids is 1. The number of unbranched alkanes of at least 4 members (excludes halogenated alkanes) is 2. The Balaban J connectivity index is 1.52. The van der Waals surface area contributed by atoms with Crippen LogP contribution in [0.2, 0.25) is 0 Å². The Morgan fingerprint density at radius 3 is 2.96 bits per heavy atom. The third kappa shape index (κ3) is 4.00. The smallest absolute Gasteiger partial charge is 0.231 e. The van der Waals surface area contributed by atoms with Gasteiger partial charge >= 0.3 is 0 Å². The zero-order valence-electron chi connectivity index (χ0n) is 13.7. The molecule has 3 rings (SSSR count). The maximum atomic E-state index is 12.2. The molecule has 2 aromatic heterocycles. The molecule has 1 fully saturated rings. The van der Waals surface area contributed by atoms with Crippen molar-refractivity contribution < 1.29 is 4.79 Å². The van der Waals surface area contributed by atoms with Gasteiger partial charge in [0.05, 0.1) is 12.5 Å². The fraction of sp³-hybridized carbons (Fsp3) is 0.588. The molecule has 0 saturated heterocycles. The summed E-state index contributed by atoms with van der Waals surface area (Å²) in [7, 11) is 0. The molecule has 0 unspecified atom stereocenters. The monoisotopic (exact) mass is 315 g/mol. The largest absolute Gasteiger partial charge is 0.309 e. The first-order valence-corrected chi connectivity index (χ1v) is 8.62. The minimum atomic E-state index is -0.0371. The van der Waals surface area contributed by atoms with E-state index in [1.165, 1.54) is 32.1 Å². The molecule has 0 radical (unpaired) electrons. The molecule has 0 aromatic carbocycles. The molecule has 1 saturated carbocycles. The summed E-state index contributed by atoms with van der Waals surface area (Å²) in [6.45, 7) is 3.08. The van der Waals surface area contributed by atoms with Gasteiger partial charge in [-0.1, -0.05) is 19.8 Å². The van der Waals surface area contributed by atoms with Gasteiger partial charge < -0.3 is 5.32 Å². The quantitative estimate of drug-likeness (QED) is 0.761. The highest BCUT2D eigenvalue weighted by atomic mass is 16.1. The summed E-state index contributed by atoms with van der Waals surface area (Å²) in [6, 6.07) is 4.26. The zero-order chi connectivity index (χ0) is 16.1. The van der Waals surface area contributed by atoms with Crippen LogP contribution in [0.1, 0.15) is 57.2 Å². The summed E-state index contributed by atoms with van der Waals surface area (Å²) < 4.78 is 3.90. The van der Waals surface area contributed by atoms with Gasteiger partial charge in [-0.2, -0.15) is 10.2 Å². The number of amides is 1. The van der Waals surface area contributed by atoms with Crippen molar-refractivity contribution in [3.8, 4) is 0 Å². The van der Waals surface area contributed by atoms with Crippen molar-refractivity contribution in [2.45, 2.75) is 64.5 Å². The summed E-state index contributed by atoms with van der Waals surface area (Å²) in [5.41, 5.74) is 0.981. The lowest BCUT2D eigenvalue weighted by molar-refractivity contribution is -0.115. The van der Waals surface area contributed by atoms with Crippen LogP contribution in [0.25, 0.3) is 0 Å². The number of hydrogen-bond acceptors (Lipinski definition) is 3. The van der Waals surface area contributed by atoms with Crippen LogP contribution in [0, 0.1) is 0 Å². The number of nitrogens with zero attached hydrogens (tertiary/aromatic N) is 4. The van der Waals surface area contributed by atoms with E-state index < -0.39 is 0 Å². The summed E-state index contributed by atoms with van der Waals surface area (Å²) >= 11 is 0. The molecule has 1 N–H and O–H groups in total. The number of rotatable bonds is 8. The van der Waals surface area contributed by atoms with Crippen LogP contribution in [0.3, 0.4) is 0 Å². The third-order valence-corrected chi connectivity index (χ3v) is 4.41. The lowest BCUT2D eigenvalue weighted by Gasteiger charge is -2.27. The van der Waals surface area contributed by atoms with Crippen molar-refractivity contribution in [2.75, 3.05) is 5.32 Å². The van der Waals surface area contributed by atoms with Gasteiger partial charge in [-0.25, -0.2) is 0 Å². The van der Waals surface area contributed by atoms with E-state index in [1.54, 1.807) is 6.20 Å². The Bertz CT molecular complexity index is 641. The van der Waals surface area contributed by atoms with E-state index in [-0.39, 0.29) is 5.91 Å². The third-order valence-electron chi connectivity index (χ3n) is 4.41. The van der Waals surface area contributed by atoms with Crippen molar-refractivity contribution >= 4 is 11.7 Å². The van der Waals surface area contributed by atoms with Gasteiger partial charge in [0.15, 0.2) is 5.82 Å². The van der Waals surface area contributed by atoms with E-state index >= 15 is 0 Å². The summed E-state index contributed by atoms with van der Waals surface area (Å²) in [4.78, 5) is 12.2. The molecule has 124 valence electrons. The van der Waals surface area contributed by atoms with Gasteiger partial charge in [-0.3, -0.25) is 14.2 Å². The van der Waals surface area contributed by atoms with Crippen LogP contribution in [0.15, 0.2) is 24.5 Å². The topological polar surface area (TPSA) is 64.7 Å². The maximum Gasteiger partial charge on any atom is 0.231 e. The van der Waals surface area contributed by atoms with Crippen molar-refractivity contribution in [2.24, 2.45) is 0 Å². The number of aryl methyl sites for hydroxylation is 1. The van der Waals surface area contributed by atoms with Gasteiger partial charge in [0, 0.05) is 30.7 Å². The Morgan fingerprint density at radius 1 is 1.35 bits per heavy atom. The Hall–Kier alpha value is -2.11.